The topological polar surface area (TPSA) is 93.5 Å². The van der Waals surface area contributed by atoms with Crippen LogP contribution in [0.3, 0.4) is 0 Å². The third-order valence-corrected chi connectivity index (χ3v) is 5.33. The van der Waals surface area contributed by atoms with Gasteiger partial charge in [0.15, 0.2) is 0 Å². The Labute approximate surface area is 169 Å². The lowest BCUT2D eigenvalue weighted by molar-refractivity contribution is -0.138. The standard InChI is InChI=1S/C22H22N4O3/c1-13(27)24-19-14(20(28)26(5)21(29)15(19)12-23)10-11-18-22(2,3)16-8-6-7-9-17(16)25(18)4/h6-11H,1-5H3,(H,24,27)/b14-10-,18-11+. The fraction of sp³-hybridized carbons (Fsp3) is 0.273. The van der Waals surface area contributed by atoms with E-state index in [-0.39, 0.29) is 22.3 Å². The molecular formula is C22H22N4O3. The van der Waals surface area contributed by atoms with Crippen molar-refractivity contribution in [3.8, 4) is 6.07 Å². The first-order valence-corrected chi connectivity index (χ1v) is 9.11. The number of nitrogens with zero attached hydrogens (tertiary/aromatic N) is 3. The SMILES string of the molecule is CC(=O)NC1=C(C#N)C(=O)N(C)C(=O)/C1=C\C=C1\N(C)c2ccccc2C1(C)C. The summed E-state index contributed by atoms with van der Waals surface area (Å²) in [4.78, 5) is 39.6. The van der Waals surface area contributed by atoms with Gasteiger partial charge in [0.1, 0.15) is 11.6 Å². The summed E-state index contributed by atoms with van der Waals surface area (Å²) in [6, 6.07) is 9.85. The van der Waals surface area contributed by atoms with Crippen LogP contribution in [0.25, 0.3) is 0 Å². The Morgan fingerprint density at radius 2 is 1.76 bits per heavy atom. The van der Waals surface area contributed by atoms with E-state index in [4.69, 9.17) is 0 Å². The first-order chi connectivity index (χ1) is 13.6. The molecule has 0 spiro atoms. The van der Waals surface area contributed by atoms with Gasteiger partial charge in [-0.3, -0.25) is 19.3 Å². The summed E-state index contributed by atoms with van der Waals surface area (Å²) in [5.41, 5.74) is 2.63. The molecule has 148 valence electrons. The van der Waals surface area contributed by atoms with Crippen molar-refractivity contribution < 1.29 is 14.4 Å². The van der Waals surface area contributed by atoms with E-state index in [9.17, 15) is 19.6 Å². The van der Waals surface area contributed by atoms with Crippen LogP contribution in [-0.4, -0.2) is 36.7 Å². The summed E-state index contributed by atoms with van der Waals surface area (Å²) in [7, 11) is 3.26. The molecule has 2 aliphatic heterocycles. The number of carbonyl (C=O) groups is 3. The van der Waals surface area contributed by atoms with E-state index in [0.717, 1.165) is 21.8 Å². The fourth-order valence-corrected chi connectivity index (χ4v) is 3.82. The van der Waals surface area contributed by atoms with Crippen LogP contribution in [0, 0.1) is 11.3 Å². The zero-order chi connectivity index (χ0) is 21.5. The van der Waals surface area contributed by atoms with E-state index < -0.39 is 17.7 Å². The number of nitriles is 1. The molecule has 0 aliphatic carbocycles. The van der Waals surface area contributed by atoms with E-state index in [1.807, 2.05) is 30.1 Å². The van der Waals surface area contributed by atoms with Crippen molar-refractivity contribution in [3.05, 3.63) is 64.5 Å². The summed E-state index contributed by atoms with van der Waals surface area (Å²) in [6.07, 6.45) is 3.36. The number of imide groups is 1. The maximum absolute atomic E-state index is 12.8. The Morgan fingerprint density at radius 3 is 2.34 bits per heavy atom. The van der Waals surface area contributed by atoms with Crippen molar-refractivity contribution >= 4 is 23.4 Å². The number of benzene rings is 1. The van der Waals surface area contributed by atoms with Gasteiger partial charge in [-0.15, -0.1) is 0 Å². The van der Waals surface area contributed by atoms with Crippen LogP contribution in [0.4, 0.5) is 5.69 Å². The van der Waals surface area contributed by atoms with Crippen LogP contribution in [0.2, 0.25) is 0 Å². The lowest BCUT2D eigenvalue weighted by Gasteiger charge is -2.26. The molecule has 0 saturated carbocycles. The fourth-order valence-electron chi connectivity index (χ4n) is 3.82. The number of hydrogen-bond donors (Lipinski definition) is 1. The second-order valence-corrected chi connectivity index (χ2v) is 7.55. The average molecular weight is 390 g/mol. The third-order valence-electron chi connectivity index (χ3n) is 5.33. The highest BCUT2D eigenvalue weighted by Gasteiger charge is 2.39. The predicted octanol–water partition coefficient (Wildman–Crippen LogP) is 2.14. The van der Waals surface area contributed by atoms with Gasteiger partial charge < -0.3 is 10.2 Å². The van der Waals surface area contributed by atoms with Crippen molar-refractivity contribution in [1.29, 1.82) is 5.26 Å². The minimum Gasteiger partial charge on any atom is -0.347 e. The van der Waals surface area contributed by atoms with Crippen molar-refractivity contribution in [2.75, 3.05) is 19.0 Å². The molecule has 3 amide bonds. The van der Waals surface area contributed by atoms with Gasteiger partial charge in [-0.05, 0) is 23.8 Å². The number of nitrogens with one attached hydrogen (secondary N) is 1. The Kier molecular flexibility index (Phi) is 4.89. The van der Waals surface area contributed by atoms with Crippen molar-refractivity contribution in [2.24, 2.45) is 0 Å². The molecule has 1 aromatic carbocycles. The second-order valence-electron chi connectivity index (χ2n) is 7.55. The van der Waals surface area contributed by atoms with E-state index in [1.54, 1.807) is 18.2 Å². The van der Waals surface area contributed by atoms with Crippen molar-refractivity contribution in [2.45, 2.75) is 26.2 Å². The van der Waals surface area contributed by atoms with Gasteiger partial charge in [0.25, 0.3) is 11.8 Å². The molecule has 3 rings (SSSR count). The minimum absolute atomic E-state index is 0.0547. The predicted molar refractivity (Wildman–Crippen MR) is 108 cm³/mol. The van der Waals surface area contributed by atoms with Gasteiger partial charge >= 0.3 is 0 Å². The van der Waals surface area contributed by atoms with Crippen LogP contribution >= 0.6 is 0 Å². The molecule has 0 saturated heterocycles. The van der Waals surface area contributed by atoms with Crippen LogP contribution < -0.4 is 10.2 Å². The molecular weight excluding hydrogens is 368 g/mol. The highest BCUT2D eigenvalue weighted by molar-refractivity contribution is 6.18. The Morgan fingerprint density at radius 1 is 1.10 bits per heavy atom. The smallest absolute Gasteiger partial charge is 0.273 e. The molecule has 1 N–H and O–H groups in total. The zero-order valence-electron chi connectivity index (χ0n) is 17.0. The Bertz CT molecular complexity index is 1070. The molecule has 0 aromatic heterocycles. The Hall–Kier alpha value is -3.66. The summed E-state index contributed by atoms with van der Waals surface area (Å²) in [5, 5.41) is 11.9. The van der Waals surface area contributed by atoms with Crippen LogP contribution in [0.1, 0.15) is 26.3 Å². The van der Waals surface area contributed by atoms with E-state index in [0.29, 0.717) is 0 Å². The number of hydrogen-bond acceptors (Lipinski definition) is 5. The number of carbonyl (C=O) groups excluding carboxylic acids is 3. The third kappa shape index (κ3) is 3.13. The molecule has 2 heterocycles. The highest BCUT2D eigenvalue weighted by Crippen LogP contribution is 2.46. The van der Waals surface area contributed by atoms with E-state index >= 15 is 0 Å². The quantitative estimate of drug-likeness (QED) is 0.617. The average Bonchev–Trinajstić information content (AvgIpc) is 2.86. The first-order valence-electron chi connectivity index (χ1n) is 9.11. The lowest BCUT2D eigenvalue weighted by atomic mass is 9.83. The molecule has 1 aromatic rings. The lowest BCUT2D eigenvalue weighted by Crippen LogP contribution is -2.43. The molecule has 0 bridgehead atoms. The number of anilines is 1. The highest BCUT2D eigenvalue weighted by atomic mass is 16.2. The monoisotopic (exact) mass is 390 g/mol. The molecule has 0 radical (unpaired) electrons. The van der Waals surface area contributed by atoms with Gasteiger partial charge in [-0.2, -0.15) is 5.26 Å². The molecule has 7 heteroatoms. The zero-order valence-corrected chi connectivity index (χ0v) is 17.0. The molecule has 0 unspecified atom stereocenters. The van der Waals surface area contributed by atoms with Crippen LogP contribution in [0.15, 0.2) is 59.0 Å². The molecule has 0 atom stereocenters. The molecule has 7 nitrogen and oxygen atoms in total. The van der Waals surface area contributed by atoms with Crippen molar-refractivity contribution in [3.63, 3.8) is 0 Å². The van der Waals surface area contributed by atoms with Crippen LogP contribution in [0.5, 0.6) is 0 Å². The van der Waals surface area contributed by atoms with Crippen LogP contribution in [-0.2, 0) is 19.8 Å². The first kappa shape index (κ1) is 20.1. The molecule has 2 aliphatic rings. The minimum atomic E-state index is -0.739. The van der Waals surface area contributed by atoms with E-state index in [2.05, 4.69) is 25.2 Å². The number of amides is 3. The maximum atomic E-state index is 12.8. The normalized spacial score (nSPS) is 21.0. The summed E-state index contributed by atoms with van der Waals surface area (Å²) in [6.45, 7) is 5.43. The van der Waals surface area contributed by atoms with Gasteiger partial charge in [-0.25, -0.2) is 0 Å². The number of para-hydroxylation sites is 1. The van der Waals surface area contributed by atoms with Gasteiger partial charge in [0.2, 0.25) is 5.91 Å². The van der Waals surface area contributed by atoms with Gasteiger partial charge in [0, 0.05) is 37.8 Å². The largest absolute Gasteiger partial charge is 0.347 e. The maximum Gasteiger partial charge on any atom is 0.273 e. The number of fused-ring (bicyclic) bond motifs is 1. The van der Waals surface area contributed by atoms with E-state index in [1.165, 1.54) is 14.0 Å². The summed E-state index contributed by atoms with van der Waals surface area (Å²) >= 11 is 0. The number of rotatable bonds is 2. The number of allylic oxidation sites excluding steroid dienone is 3. The van der Waals surface area contributed by atoms with Gasteiger partial charge in [-0.1, -0.05) is 32.0 Å². The summed E-state index contributed by atoms with van der Waals surface area (Å²) < 4.78 is 0. The summed E-state index contributed by atoms with van der Waals surface area (Å²) in [5.74, 6) is -1.79. The van der Waals surface area contributed by atoms with Crippen molar-refractivity contribution in [1.82, 2.24) is 10.2 Å². The number of likely N-dealkylation sites (N-methyl/N-ethyl adjacent to an activating group) is 2. The Balaban J connectivity index is 2.17. The second kappa shape index (κ2) is 7.06. The molecule has 0 fully saturated rings. The molecule has 29 heavy (non-hydrogen) atoms. The van der Waals surface area contributed by atoms with Gasteiger partial charge in [0.05, 0.1) is 11.3 Å².